The van der Waals surface area contributed by atoms with Crippen LogP contribution in [-0.4, -0.2) is 47.7 Å². The molecule has 1 fully saturated rings. The lowest BCUT2D eigenvalue weighted by Gasteiger charge is -2.19. The molecule has 34 heavy (non-hydrogen) atoms. The summed E-state index contributed by atoms with van der Waals surface area (Å²) in [4.78, 5) is 19.1. The molecule has 0 saturated carbocycles. The number of benzene rings is 2. The summed E-state index contributed by atoms with van der Waals surface area (Å²) in [5.74, 6) is 1.13. The number of hydrogen-bond donors (Lipinski definition) is 2. The molecule has 1 atom stereocenters. The summed E-state index contributed by atoms with van der Waals surface area (Å²) in [5, 5.41) is 6.66. The molecule has 0 bridgehead atoms. The van der Waals surface area contributed by atoms with Crippen molar-refractivity contribution in [1.82, 2.24) is 14.9 Å². The second-order valence-corrected chi connectivity index (χ2v) is 9.27. The Balaban J connectivity index is 1.21. The Hall–Kier alpha value is -3.32. The van der Waals surface area contributed by atoms with Crippen molar-refractivity contribution in [2.45, 2.75) is 39.3 Å². The number of hydrogen-bond acceptors (Lipinski definition) is 5. The summed E-state index contributed by atoms with van der Waals surface area (Å²) in [6.45, 7) is 8.92. The standard InChI is InChI=1S/C27H35N5O2/c1-21(2)19-34-26-10-4-22(5-11-26)27(33)30-23-6-8-25(9-7-23)32-16-12-24(18-32)29-13-3-15-31-17-14-28-20-31/h4-11,14,17,20-21,24,29H,3,12-13,15-16,18-19H2,1-2H3,(H,30,33). The molecule has 0 radical (unpaired) electrons. The van der Waals surface area contributed by atoms with Gasteiger partial charge >= 0.3 is 0 Å². The van der Waals surface area contributed by atoms with Crippen LogP contribution in [0.2, 0.25) is 0 Å². The molecule has 2 N–H and O–H groups in total. The van der Waals surface area contributed by atoms with Crippen LogP contribution in [0.15, 0.2) is 67.3 Å². The van der Waals surface area contributed by atoms with Crippen molar-refractivity contribution in [3.63, 3.8) is 0 Å². The van der Waals surface area contributed by atoms with Crippen LogP contribution in [-0.2, 0) is 6.54 Å². The van der Waals surface area contributed by atoms with Gasteiger partial charge in [-0.3, -0.25) is 4.79 Å². The van der Waals surface area contributed by atoms with E-state index in [9.17, 15) is 4.79 Å². The first-order chi connectivity index (χ1) is 16.6. The summed E-state index contributed by atoms with van der Waals surface area (Å²) in [6.07, 6.45) is 7.92. The number of carbonyl (C=O) groups excluding carboxylic acids is 1. The molecule has 1 amide bonds. The normalized spacial score (nSPS) is 15.6. The van der Waals surface area contributed by atoms with E-state index in [-0.39, 0.29) is 5.91 Å². The van der Waals surface area contributed by atoms with Gasteiger partial charge in [-0.1, -0.05) is 13.8 Å². The van der Waals surface area contributed by atoms with Gasteiger partial charge < -0.3 is 24.8 Å². The van der Waals surface area contributed by atoms with Crippen LogP contribution >= 0.6 is 0 Å². The number of imidazole rings is 1. The summed E-state index contributed by atoms with van der Waals surface area (Å²) < 4.78 is 7.80. The number of aryl methyl sites for hydroxylation is 1. The molecule has 1 aliphatic heterocycles. The van der Waals surface area contributed by atoms with Gasteiger partial charge in [0, 0.05) is 55.0 Å². The molecule has 2 heterocycles. The van der Waals surface area contributed by atoms with Crippen LogP contribution in [0.5, 0.6) is 5.75 Å². The molecule has 7 nitrogen and oxygen atoms in total. The van der Waals surface area contributed by atoms with Gasteiger partial charge in [0.25, 0.3) is 5.91 Å². The minimum atomic E-state index is -0.121. The third kappa shape index (κ3) is 6.84. The molecule has 3 aromatic rings. The molecule has 1 aromatic heterocycles. The van der Waals surface area contributed by atoms with Crippen molar-refractivity contribution in [1.29, 1.82) is 0 Å². The van der Waals surface area contributed by atoms with Crippen molar-refractivity contribution in [3.05, 3.63) is 72.8 Å². The van der Waals surface area contributed by atoms with E-state index >= 15 is 0 Å². The average molecular weight is 462 g/mol. The lowest BCUT2D eigenvalue weighted by Crippen LogP contribution is -2.33. The van der Waals surface area contributed by atoms with Gasteiger partial charge in [0.2, 0.25) is 0 Å². The molecule has 7 heteroatoms. The van der Waals surface area contributed by atoms with E-state index in [2.05, 4.69) is 51.1 Å². The topological polar surface area (TPSA) is 71.4 Å². The minimum Gasteiger partial charge on any atom is -0.493 e. The van der Waals surface area contributed by atoms with E-state index in [0.29, 0.717) is 24.1 Å². The Labute approximate surface area is 202 Å². The number of nitrogens with one attached hydrogen (secondary N) is 2. The Kier molecular flexibility index (Phi) is 8.20. The summed E-state index contributed by atoms with van der Waals surface area (Å²) in [5.41, 5.74) is 2.59. The van der Waals surface area contributed by atoms with Crippen LogP contribution in [0.25, 0.3) is 0 Å². The molecular formula is C27H35N5O2. The molecule has 1 saturated heterocycles. The zero-order valence-electron chi connectivity index (χ0n) is 20.1. The molecule has 1 aliphatic rings. The molecule has 1 unspecified atom stereocenters. The third-order valence-electron chi connectivity index (χ3n) is 5.96. The van der Waals surface area contributed by atoms with Crippen LogP contribution in [0.1, 0.15) is 37.0 Å². The molecule has 4 rings (SSSR count). The minimum absolute atomic E-state index is 0.121. The predicted octanol–water partition coefficient (Wildman–Crippen LogP) is 4.43. The number of carbonyl (C=O) groups is 1. The Bertz CT molecular complexity index is 1020. The number of rotatable bonds is 11. The summed E-state index contributed by atoms with van der Waals surface area (Å²) in [7, 11) is 0. The fourth-order valence-corrected chi connectivity index (χ4v) is 4.07. The van der Waals surface area contributed by atoms with Crippen molar-refractivity contribution in [2.24, 2.45) is 5.92 Å². The monoisotopic (exact) mass is 461 g/mol. The van der Waals surface area contributed by atoms with E-state index in [4.69, 9.17) is 4.74 Å². The fourth-order valence-electron chi connectivity index (χ4n) is 4.07. The van der Waals surface area contributed by atoms with Crippen LogP contribution in [0.4, 0.5) is 11.4 Å². The lowest BCUT2D eigenvalue weighted by atomic mass is 10.2. The van der Waals surface area contributed by atoms with Gasteiger partial charge in [-0.05, 0) is 73.8 Å². The van der Waals surface area contributed by atoms with E-state index < -0.39 is 0 Å². The number of anilines is 2. The van der Waals surface area contributed by atoms with Crippen molar-refractivity contribution in [2.75, 3.05) is 36.5 Å². The highest BCUT2D eigenvalue weighted by Crippen LogP contribution is 2.23. The quantitative estimate of drug-likeness (QED) is 0.414. The highest BCUT2D eigenvalue weighted by atomic mass is 16.5. The Morgan fingerprint density at radius 1 is 1.15 bits per heavy atom. The lowest BCUT2D eigenvalue weighted by molar-refractivity contribution is 0.102. The zero-order valence-corrected chi connectivity index (χ0v) is 20.1. The maximum Gasteiger partial charge on any atom is 0.255 e. The first-order valence-electron chi connectivity index (χ1n) is 12.1. The SMILES string of the molecule is CC(C)COc1ccc(C(=O)Nc2ccc(N3CCC(NCCCn4ccnc4)C3)cc2)cc1. The average Bonchev–Trinajstić information content (AvgIpc) is 3.54. The van der Waals surface area contributed by atoms with Gasteiger partial charge in [0.15, 0.2) is 0 Å². The van der Waals surface area contributed by atoms with Crippen molar-refractivity contribution in [3.8, 4) is 5.75 Å². The third-order valence-corrected chi connectivity index (χ3v) is 5.96. The van der Waals surface area contributed by atoms with Gasteiger partial charge in [-0.25, -0.2) is 4.98 Å². The number of aromatic nitrogens is 2. The van der Waals surface area contributed by atoms with E-state index in [0.717, 1.165) is 50.5 Å². The predicted molar refractivity (Wildman–Crippen MR) is 137 cm³/mol. The Morgan fingerprint density at radius 3 is 2.65 bits per heavy atom. The van der Waals surface area contributed by atoms with Crippen molar-refractivity contribution < 1.29 is 9.53 Å². The van der Waals surface area contributed by atoms with Crippen LogP contribution in [0, 0.1) is 5.92 Å². The smallest absolute Gasteiger partial charge is 0.255 e. The van der Waals surface area contributed by atoms with E-state index in [1.807, 2.05) is 43.0 Å². The van der Waals surface area contributed by atoms with Crippen molar-refractivity contribution >= 4 is 17.3 Å². The maximum atomic E-state index is 12.6. The first-order valence-corrected chi connectivity index (χ1v) is 12.1. The maximum absolute atomic E-state index is 12.6. The second kappa shape index (κ2) is 11.7. The first kappa shape index (κ1) is 23.8. The number of amides is 1. The van der Waals surface area contributed by atoms with Gasteiger partial charge in [0.05, 0.1) is 12.9 Å². The summed E-state index contributed by atoms with van der Waals surface area (Å²) in [6, 6.07) is 15.9. The van der Waals surface area contributed by atoms with E-state index in [1.165, 1.54) is 5.69 Å². The van der Waals surface area contributed by atoms with E-state index in [1.54, 1.807) is 12.1 Å². The highest BCUT2D eigenvalue weighted by Gasteiger charge is 2.22. The van der Waals surface area contributed by atoms with Crippen LogP contribution < -0.4 is 20.3 Å². The highest BCUT2D eigenvalue weighted by molar-refractivity contribution is 6.04. The molecule has 180 valence electrons. The number of nitrogens with zero attached hydrogens (tertiary/aromatic N) is 3. The van der Waals surface area contributed by atoms with Gasteiger partial charge in [0.1, 0.15) is 5.75 Å². The number of ether oxygens (including phenoxy) is 1. The molecule has 2 aromatic carbocycles. The van der Waals surface area contributed by atoms with Crippen LogP contribution in [0.3, 0.4) is 0 Å². The molecular weight excluding hydrogens is 426 g/mol. The second-order valence-electron chi connectivity index (χ2n) is 9.27. The largest absolute Gasteiger partial charge is 0.493 e. The zero-order chi connectivity index (χ0) is 23.8. The summed E-state index contributed by atoms with van der Waals surface area (Å²) >= 11 is 0. The molecule has 0 aliphatic carbocycles. The molecule has 0 spiro atoms. The van der Waals surface area contributed by atoms with Gasteiger partial charge in [-0.2, -0.15) is 0 Å². The van der Waals surface area contributed by atoms with Gasteiger partial charge in [-0.15, -0.1) is 0 Å². The Morgan fingerprint density at radius 2 is 1.94 bits per heavy atom. The fraction of sp³-hybridized carbons (Fsp3) is 0.407.